The highest BCUT2D eigenvalue weighted by molar-refractivity contribution is 5.69. The number of ether oxygens (including phenoxy) is 2. The average Bonchev–Trinajstić information content (AvgIpc) is 3.19. The van der Waals surface area contributed by atoms with Crippen molar-refractivity contribution in [2.24, 2.45) is 0 Å². The molecule has 0 amide bonds. The Morgan fingerprint density at radius 3 is 1.18 bits per heavy atom. The lowest BCUT2D eigenvalue weighted by atomic mass is 10.0. The minimum absolute atomic E-state index is 0.171. The van der Waals surface area contributed by atoms with E-state index in [1.807, 2.05) is 0 Å². The molecular formula is C51H96O4. The molecule has 0 aromatic heterocycles. The van der Waals surface area contributed by atoms with Gasteiger partial charge in [-0.15, -0.1) is 0 Å². The zero-order chi connectivity index (χ0) is 39.8. The number of rotatable bonds is 46. The predicted octanol–water partition coefficient (Wildman–Crippen LogP) is 16.4. The van der Waals surface area contributed by atoms with Gasteiger partial charge >= 0.3 is 5.97 Å². The number of allylic oxidation sites excluding steroid dienone is 6. The van der Waals surface area contributed by atoms with Crippen molar-refractivity contribution in [1.29, 1.82) is 0 Å². The van der Waals surface area contributed by atoms with Crippen LogP contribution in [0.15, 0.2) is 36.5 Å². The highest BCUT2D eigenvalue weighted by atomic mass is 16.6. The number of aliphatic hydroxyl groups is 1. The molecule has 0 aromatic rings. The molecule has 0 heterocycles. The van der Waals surface area contributed by atoms with Gasteiger partial charge in [-0.2, -0.15) is 0 Å². The zero-order valence-electron chi connectivity index (χ0n) is 37.2. The number of carbonyl (C=O) groups is 1. The number of aliphatic hydroxyl groups excluding tert-OH is 1. The van der Waals surface area contributed by atoms with Crippen molar-refractivity contribution in [3.8, 4) is 0 Å². The van der Waals surface area contributed by atoms with Crippen molar-refractivity contribution in [3.63, 3.8) is 0 Å². The summed E-state index contributed by atoms with van der Waals surface area (Å²) in [6.07, 6.45) is 62.3. The third kappa shape index (κ3) is 46.9. The van der Waals surface area contributed by atoms with Crippen LogP contribution in [0.25, 0.3) is 0 Å². The molecule has 0 spiro atoms. The van der Waals surface area contributed by atoms with E-state index in [0.717, 1.165) is 25.7 Å². The fraction of sp³-hybridized carbons (Fsp3) is 0.863. The van der Waals surface area contributed by atoms with E-state index in [1.54, 1.807) is 0 Å². The number of hydrogen-bond donors (Lipinski definition) is 1. The van der Waals surface area contributed by atoms with Crippen molar-refractivity contribution in [3.05, 3.63) is 36.5 Å². The maximum atomic E-state index is 12.3. The monoisotopic (exact) mass is 773 g/mol. The van der Waals surface area contributed by atoms with Crippen molar-refractivity contribution in [2.45, 2.75) is 264 Å². The molecule has 324 valence electrons. The Hall–Kier alpha value is -1.39. The van der Waals surface area contributed by atoms with Crippen LogP contribution >= 0.6 is 0 Å². The fourth-order valence-electron chi connectivity index (χ4n) is 7.24. The van der Waals surface area contributed by atoms with Gasteiger partial charge in [-0.3, -0.25) is 4.79 Å². The predicted molar refractivity (Wildman–Crippen MR) is 242 cm³/mol. The third-order valence-electron chi connectivity index (χ3n) is 10.9. The molecule has 0 rings (SSSR count). The molecule has 1 unspecified atom stereocenters. The summed E-state index contributed by atoms with van der Waals surface area (Å²) in [6, 6.07) is 0. The Morgan fingerprint density at radius 1 is 0.436 bits per heavy atom. The van der Waals surface area contributed by atoms with E-state index in [4.69, 9.17) is 9.47 Å². The quantitative estimate of drug-likeness (QED) is 0.0380. The molecule has 0 saturated carbocycles. The normalized spacial score (nSPS) is 12.6. The van der Waals surface area contributed by atoms with Gasteiger partial charge in [-0.05, 0) is 70.6 Å². The van der Waals surface area contributed by atoms with Gasteiger partial charge in [-0.25, -0.2) is 0 Å². The van der Waals surface area contributed by atoms with Gasteiger partial charge < -0.3 is 14.6 Å². The lowest BCUT2D eigenvalue weighted by molar-refractivity contribution is -0.154. The highest BCUT2D eigenvalue weighted by Gasteiger charge is 2.13. The molecule has 4 heteroatoms. The van der Waals surface area contributed by atoms with Crippen molar-refractivity contribution in [2.75, 3.05) is 19.8 Å². The number of carbonyl (C=O) groups excluding carboxylic acids is 1. The van der Waals surface area contributed by atoms with Crippen LogP contribution in [0.1, 0.15) is 258 Å². The summed E-state index contributed by atoms with van der Waals surface area (Å²) in [5.74, 6) is -0.199. The second-order valence-corrected chi connectivity index (χ2v) is 16.5. The number of unbranched alkanes of at least 4 members (excludes halogenated alkanes) is 32. The molecule has 0 radical (unpaired) electrons. The van der Waals surface area contributed by atoms with Crippen LogP contribution < -0.4 is 0 Å². The summed E-state index contributed by atoms with van der Waals surface area (Å²) in [5, 5.41) is 9.64. The van der Waals surface area contributed by atoms with Gasteiger partial charge in [-0.1, -0.05) is 217 Å². The van der Waals surface area contributed by atoms with Crippen molar-refractivity contribution in [1.82, 2.24) is 0 Å². The van der Waals surface area contributed by atoms with Gasteiger partial charge in [0.25, 0.3) is 0 Å². The minimum atomic E-state index is -0.535. The van der Waals surface area contributed by atoms with Crippen LogP contribution in [-0.4, -0.2) is 37.0 Å². The molecule has 0 aliphatic heterocycles. The van der Waals surface area contributed by atoms with Crippen LogP contribution in [0.4, 0.5) is 0 Å². The molecule has 0 saturated heterocycles. The average molecular weight is 773 g/mol. The van der Waals surface area contributed by atoms with Crippen LogP contribution in [-0.2, 0) is 14.3 Å². The van der Waals surface area contributed by atoms with Crippen LogP contribution in [0, 0.1) is 0 Å². The van der Waals surface area contributed by atoms with Crippen LogP contribution in [0.5, 0.6) is 0 Å². The maximum absolute atomic E-state index is 12.3. The molecular weight excluding hydrogens is 677 g/mol. The van der Waals surface area contributed by atoms with E-state index in [2.05, 4.69) is 50.3 Å². The first-order chi connectivity index (χ1) is 27.2. The highest BCUT2D eigenvalue weighted by Crippen LogP contribution is 2.15. The molecule has 0 aliphatic rings. The SMILES string of the molecule is CCCCC/C=C\C/C=C\CCCCCCCCCCCCOCC(CO)OC(=O)CCCCCCCCCCCCC/C=C\CCCCCCCCCC. The molecule has 0 aromatic carbocycles. The summed E-state index contributed by atoms with van der Waals surface area (Å²) < 4.78 is 11.2. The smallest absolute Gasteiger partial charge is 0.306 e. The number of hydrogen-bond acceptors (Lipinski definition) is 4. The first-order valence-corrected chi connectivity index (χ1v) is 24.6. The van der Waals surface area contributed by atoms with E-state index in [-0.39, 0.29) is 12.6 Å². The Bertz CT molecular complexity index is 818. The summed E-state index contributed by atoms with van der Waals surface area (Å²) in [5.41, 5.74) is 0. The van der Waals surface area contributed by atoms with Gasteiger partial charge in [0.1, 0.15) is 6.10 Å². The van der Waals surface area contributed by atoms with Gasteiger partial charge in [0, 0.05) is 13.0 Å². The van der Waals surface area contributed by atoms with E-state index < -0.39 is 6.10 Å². The Kier molecular flexibility index (Phi) is 47.5. The lowest BCUT2D eigenvalue weighted by Gasteiger charge is -2.16. The molecule has 4 nitrogen and oxygen atoms in total. The Labute approximate surface area is 344 Å². The summed E-state index contributed by atoms with van der Waals surface area (Å²) in [4.78, 5) is 12.3. The molecule has 0 aliphatic carbocycles. The van der Waals surface area contributed by atoms with Crippen molar-refractivity contribution < 1.29 is 19.4 Å². The first-order valence-electron chi connectivity index (χ1n) is 24.6. The summed E-state index contributed by atoms with van der Waals surface area (Å²) in [7, 11) is 0. The van der Waals surface area contributed by atoms with Crippen molar-refractivity contribution >= 4 is 5.97 Å². The van der Waals surface area contributed by atoms with E-state index in [0.29, 0.717) is 19.6 Å². The first kappa shape index (κ1) is 53.6. The standard InChI is InChI=1S/C51H96O4/c1-3-5-7-9-11-13-15-17-19-21-23-25-26-27-28-30-32-34-36-38-40-42-44-46-51(53)55-50(48-52)49-54-47-45-43-41-39-37-35-33-31-29-24-22-20-18-16-14-12-10-8-6-4-2/h12,14,18,20-21,23,50,52H,3-11,13,15-17,19,22,24-49H2,1-2H3/b14-12-,20-18-,23-21-. The third-order valence-corrected chi connectivity index (χ3v) is 10.9. The van der Waals surface area contributed by atoms with Crippen LogP contribution in [0.3, 0.4) is 0 Å². The summed E-state index contributed by atoms with van der Waals surface area (Å²) in [6.45, 7) is 5.35. The molecule has 0 bridgehead atoms. The Morgan fingerprint density at radius 2 is 0.764 bits per heavy atom. The van der Waals surface area contributed by atoms with Gasteiger partial charge in [0.2, 0.25) is 0 Å². The zero-order valence-corrected chi connectivity index (χ0v) is 37.2. The second kappa shape index (κ2) is 48.8. The summed E-state index contributed by atoms with van der Waals surface area (Å²) >= 11 is 0. The molecule has 1 N–H and O–H groups in total. The Balaban J connectivity index is 3.39. The maximum Gasteiger partial charge on any atom is 0.306 e. The second-order valence-electron chi connectivity index (χ2n) is 16.5. The van der Waals surface area contributed by atoms with E-state index >= 15 is 0 Å². The number of esters is 1. The van der Waals surface area contributed by atoms with E-state index in [1.165, 1.54) is 212 Å². The molecule has 55 heavy (non-hydrogen) atoms. The minimum Gasteiger partial charge on any atom is -0.457 e. The fourth-order valence-corrected chi connectivity index (χ4v) is 7.24. The van der Waals surface area contributed by atoms with Gasteiger partial charge in [0.05, 0.1) is 13.2 Å². The molecule has 1 atom stereocenters. The topological polar surface area (TPSA) is 55.8 Å². The van der Waals surface area contributed by atoms with E-state index in [9.17, 15) is 9.90 Å². The van der Waals surface area contributed by atoms with Crippen LogP contribution in [0.2, 0.25) is 0 Å². The lowest BCUT2D eigenvalue weighted by Crippen LogP contribution is -2.27. The van der Waals surface area contributed by atoms with Gasteiger partial charge in [0.15, 0.2) is 0 Å². The molecule has 0 fully saturated rings. The largest absolute Gasteiger partial charge is 0.457 e.